The summed E-state index contributed by atoms with van der Waals surface area (Å²) in [5.74, 6) is -0.760. The van der Waals surface area contributed by atoms with Gasteiger partial charge in [0.1, 0.15) is 16.5 Å². The molecule has 19 heavy (non-hydrogen) atoms. The maximum atomic E-state index is 13.1. The number of hydrogen-bond acceptors (Lipinski definition) is 4. The molecule has 2 aromatic rings. The van der Waals surface area contributed by atoms with Crippen LogP contribution >= 0.6 is 11.6 Å². The van der Waals surface area contributed by atoms with Crippen LogP contribution in [0, 0.1) is 5.82 Å². The Hall–Kier alpha value is -1.86. The van der Waals surface area contributed by atoms with E-state index < -0.39 is 15.8 Å². The van der Waals surface area contributed by atoms with E-state index in [9.17, 15) is 12.8 Å². The number of nitrogen functional groups attached to an aromatic ring is 1. The SMILES string of the molecule is Nc1ncccc1S(=O)(=O)Nc1cc(F)ccc1Cl. The Morgan fingerprint density at radius 2 is 2.05 bits per heavy atom. The number of sulfonamides is 1. The zero-order valence-corrected chi connectivity index (χ0v) is 11.0. The van der Waals surface area contributed by atoms with Gasteiger partial charge in [-0.15, -0.1) is 0 Å². The second kappa shape index (κ2) is 5.02. The first-order chi connectivity index (χ1) is 8.90. The van der Waals surface area contributed by atoms with Gasteiger partial charge in [0.25, 0.3) is 10.0 Å². The Labute approximate surface area is 114 Å². The van der Waals surface area contributed by atoms with Gasteiger partial charge in [0.05, 0.1) is 10.7 Å². The van der Waals surface area contributed by atoms with Crippen LogP contribution in [0.4, 0.5) is 15.9 Å². The van der Waals surface area contributed by atoms with Crippen LogP contribution in [0.25, 0.3) is 0 Å². The number of nitrogens with zero attached hydrogens (tertiary/aromatic N) is 1. The summed E-state index contributed by atoms with van der Waals surface area (Å²) in [4.78, 5) is 3.48. The molecule has 1 aromatic heterocycles. The Morgan fingerprint density at radius 1 is 1.32 bits per heavy atom. The molecule has 0 aliphatic carbocycles. The summed E-state index contributed by atoms with van der Waals surface area (Å²) >= 11 is 5.79. The van der Waals surface area contributed by atoms with Crippen LogP contribution in [-0.4, -0.2) is 13.4 Å². The molecule has 1 aromatic carbocycles. The molecule has 1 heterocycles. The first-order valence-electron chi connectivity index (χ1n) is 5.08. The Morgan fingerprint density at radius 3 is 2.74 bits per heavy atom. The Balaban J connectivity index is 2.43. The molecule has 0 saturated heterocycles. The first-order valence-corrected chi connectivity index (χ1v) is 6.94. The molecule has 0 amide bonds. The minimum Gasteiger partial charge on any atom is -0.383 e. The van der Waals surface area contributed by atoms with E-state index in [-0.39, 0.29) is 21.4 Å². The van der Waals surface area contributed by atoms with Crippen LogP contribution in [0.5, 0.6) is 0 Å². The third-order valence-corrected chi connectivity index (χ3v) is 4.00. The highest BCUT2D eigenvalue weighted by atomic mass is 35.5. The minimum absolute atomic E-state index is 0.0649. The summed E-state index contributed by atoms with van der Waals surface area (Å²) in [5, 5.41) is 0.0763. The van der Waals surface area contributed by atoms with E-state index in [1.807, 2.05) is 0 Å². The molecule has 0 fully saturated rings. The molecular formula is C11H9ClFN3O2S. The van der Waals surface area contributed by atoms with Gasteiger partial charge in [0.15, 0.2) is 0 Å². The molecule has 0 aliphatic rings. The predicted octanol–water partition coefficient (Wildman–Crippen LogP) is 2.26. The number of anilines is 2. The zero-order chi connectivity index (χ0) is 14.0. The largest absolute Gasteiger partial charge is 0.383 e. The fourth-order valence-corrected chi connectivity index (χ4v) is 2.78. The number of benzene rings is 1. The lowest BCUT2D eigenvalue weighted by Gasteiger charge is -2.10. The molecule has 100 valence electrons. The summed E-state index contributed by atoms with van der Waals surface area (Å²) in [7, 11) is -3.97. The molecule has 0 spiro atoms. The molecule has 2 rings (SSSR count). The lowest BCUT2D eigenvalue weighted by molar-refractivity contribution is 0.601. The monoisotopic (exact) mass is 301 g/mol. The highest BCUT2D eigenvalue weighted by Gasteiger charge is 2.19. The highest BCUT2D eigenvalue weighted by molar-refractivity contribution is 7.92. The van der Waals surface area contributed by atoms with Crippen molar-refractivity contribution in [3.8, 4) is 0 Å². The van der Waals surface area contributed by atoms with Crippen LogP contribution in [0.3, 0.4) is 0 Å². The topological polar surface area (TPSA) is 85.1 Å². The quantitative estimate of drug-likeness (QED) is 0.910. The maximum absolute atomic E-state index is 13.1. The summed E-state index contributed by atoms with van der Waals surface area (Å²) in [6, 6.07) is 6.07. The van der Waals surface area contributed by atoms with Gasteiger partial charge in [-0.25, -0.2) is 17.8 Å². The molecule has 0 radical (unpaired) electrons. The van der Waals surface area contributed by atoms with E-state index in [1.54, 1.807) is 0 Å². The summed E-state index contributed by atoms with van der Waals surface area (Å²) in [6.07, 6.45) is 1.36. The number of halogens is 2. The van der Waals surface area contributed by atoms with Gasteiger partial charge < -0.3 is 5.73 Å². The molecule has 0 saturated carbocycles. The second-order valence-corrected chi connectivity index (χ2v) is 5.67. The Bertz CT molecular complexity index is 722. The van der Waals surface area contributed by atoms with Crippen LogP contribution in [0.2, 0.25) is 5.02 Å². The van der Waals surface area contributed by atoms with Gasteiger partial charge in [-0.3, -0.25) is 4.72 Å². The van der Waals surface area contributed by atoms with Crippen molar-refractivity contribution in [2.75, 3.05) is 10.5 Å². The number of aromatic nitrogens is 1. The molecule has 5 nitrogen and oxygen atoms in total. The minimum atomic E-state index is -3.97. The average Bonchev–Trinajstić information content (AvgIpc) is 2.34. The molecule has 0 aliphatic heterocycles. The van der Waals surface area contributed by atoms with Gasteiger partial charge in [0, 0.05) is 6.20 Å². The summed E-state index contributed by atoms with van der Waals surface area (Å²) in [6.45, 7) is 0. The van der Waals surface area contributed by atoms with E-state index in [0.29, 0.717) is 0 Å². The van der Waals surface area contributed by atoms with Crippen molar-refractivity contribution in [2.24, 2.45) is 0 Å². The van der Waals surface area contributed by atoms with Crippen molar-refractivity contribution in [1.29, 1.82) is 0 Å². The molecule has 3 N–H and O–H groups in total. The van der Waals surface area contributed by atoms with Crippen LogP contribution in [0.1, 0.15) is 0 Å². The number of rotatable bonds is 3. The van der Waals surface area contributed by atoms with E-state index in [1.165, 1.54) is 24.4 Å². The van der Waals surface area contributed by atoms with Crippen molar-refractivity contribution in [1.82, 2.24) is 4.98 Å². The second-order valence-electron chi connectivity index (χ2n) is 3.62. The maximum Gasteiger partial charge on any atom is 0.265 e. The molecular weight excluding hydrogens is 293 g/mol. The molecule has 8 heteroatoms. The lowest BCUT2D eigenvalue weighted by Crippen LogP contribution is -2.15. The number of nitrogens with one attached hydrogen (secondary N) is 1. The zero-order valence-electron chi connectivity index (χ0n) is 9.47. The van der Waals surface area contributed by atoms with Gasteiger partial charge >= 0.3 is 0 Å². The van der Waals surface area contributed by atoms with Gasteiger partial charge in [0.2, 0.25) is 0 Å². The van der Waals surface area contributed by atoms with Crippen molar-refractivity contribution in [3.63, 3.8) is 0 Å². The first kappa shape index (κ1) is 13.6. The third kappa shape index (κ3) is 2.94. The smallest absolute Gasteiger partial charge is 0.265 e. The molecule has 0 bridgehead atoms. The summed E-state index contributed by atoms with van der Waals surface area (Å²) < 4.78 is 39.4. The number of pyridine rings is 1. The number of hydrogen-bond donors (Lipinski definition) is 2. The standard InChI is InChI=1S/C11H9ClFN3O2S/c12-8-4-3-7(13)6-9(8)16-19(17,18)10-2-1-5-15-11(10)14/h1-6,16H,(H2,14,15). The van der Waals surface area contributed by atoms with Gasteiger partial charge in [-0.05, 0) is 30.3 Å². The average molecular weight is 302 g/mol. The van der Waals surface area contributed by atoms with Crippen molar-refractivity contribution in [2.45, 2.75) is 4.90 Å². The third-order valence-electron chi connectivity index (χ3n) is 2.26. The summed E-state index contributed by atoms with van der Waals surface area (Å²) in [5.41, 5.74) is 5.43. The van der Waals surface area contributed by atoms with E-state index >= 15 is 0 Å². The van der Waals surface area contributed by atoms with Crippen LogP contribution < -0.4 is 10.5 Å². The Kier molecular flexibility index (Phi) is 3.59. The van der Waals surface area contributed by atoms with E-state index in [2.05, 4.69) is 9.71 Å². The van der Waals surface area contributed by atoms with Crippen molar-refractivity contribution in [3.05, 3.63) is 47.4 Å². The fourth-order valence-electron chi connectivity index (χ4n) is 1.41. The van der Waals surface area contributed by atoms with E-state index in [4.69, 9.17) is 17.3 Å². The highest BCUT2D eigenvalue weighted by Crippen LogP contribution is 2.26. The van der Waals surface area contributed by atoms with Crippen LogP contribution in [0.15, 0.2) is 41.4 Å². The van der Waals surface area contributed by atoms with Crippen LogP contribution in [-0.2, 0) is 10.0 Å². The van der Waals surface area contributed by atoms with Gasteiger partial charge in [-0.1, -0.05) is 11.6 Å². The lowest BCUT2D eigenvalue weighted by atomic mass is 10.3. The van der Waals surface area contributed by atoms with Crippen molar-refractivity contribution >= 4 is 33.1 Å². The fraction of sp³-hybridized carbons (Fsp3) is 0. The van der Waals surface area contributed by atoms with E-state index in [0.717, 1.165) is 12.1 Å². The predicted molar refractivity (Wildman–Crippen MR) is 70.9 cm³/mol. The molecule has 0 unspecified atom stereocenters. The normalized spacial score (nSPS) is 11.3. The van der Waals surface area contributed by atoms with Gasteiger partial charge in [-0.2, -0.15) is 0 Å². The molecule has 0 atom stereocenters. The van der Waals surface area contributed by atoms with Crippen molar-refractivity contribution < 1.29 is 12.8 Å². The number of nitrogens with two attached hydrogens (primary N) is 1.